The molecular formula is C42H40F6N10O5. The molecule has 63 heavy (non-hydrogen) atoms. The first-order chi connectivity index (χ1) is 29.9. The smallest absolute Gasteiger partial charge is 0.416 e. The molecule has 4 amide bonds. The maximum atomic E-state index is 13.4. The van der Waals surface area contributed by atoms with E-state index in [4.69, 9.17) is 5.11 Å². The highest BCUT2D eigenvalue weighted by molar-refractivity contribution is 5.93. The number of urea groups is 1. The number of nitrogens with one attached hydrogen (secondary N) is 1. The number of fused-ring (bicyclic) bond motifs is 2. The van der Waals surface area contributed by atoms with Crippen molar-refractivity contribution in [3.8, 4) is 0 Å². The fraction of sp³-hybridized carbons (Fsp3) is 0.333. The van der Waals surface area contributed by atoms with Gasteiger partial charge < -0.3 is 25.1 Å². The summed E-state index contributed by atoms with van der Waals surface area (Å²) in [6, 6.07) is 16.8. The van der Waals surface area contributed by atoms with Gasteiger partial charge in [0.25, 0.3) is 11.8 Å². The summed E-state index contributed by atoms with van der Waals surface area (Å²) in [7, 11) is 3.22. The largest absolute Gasteiger partial charge is 0.478 e. The Balaban J connectivity index is 0.000000190. The highest BCUT2D eigenvalue weighted by Crippen LogP contribution is 2.40. The second-order valence-corrected chi connectivity index (χ2v) is 15.3. The van der Waals surface area contributed by atoms with Crippen molar-refractivity contribution in [2.45, 2.75) is 49.9 Å². The Morgan fingerprint density at radius 3 is 1.60 bits per heavy atom. The fourth-order valence-corrected chi connectivity index (χ4v) is 7.81. The highest BCUT2D eigenvalue weighted by Gasteiger charge is 2.38. The van der Waals surface area contributed by atoms with Gasteiger partial charge in [-0.05, 0) is 85.0 Å². The number of carboxylic acid groups (broad SMARTS) is 1. The fourth-order valence-electron chi connectivity index (χ4n) is 7.81. The van der Waals surface area contributed by atoms with E-state index in [-0.39, 0.29) is 70.8 Å². The molecule has 2 fully saturated rings. The number of halogens is 6. The average Bonchev–Trinajstić information content (AvgIpc) is 3.90. The van der Waals surface area contributed by atoms with E-state index >= 15 is 0 Å². The van der Waals surface area contributed by atoms with Crippen LogP contribution in [0.1, 0.15) is 91.4 Å². The zero-order chi connectivity index (χ0) is 45.2. The molecule has 0 spiro atoms. The molecule has 0 saturated carbocycles. The first-order valence-corrected chi connectivity index (χ1v) is 19.7. The number of likely N-dealkylation sites (tertiary alicyclic amines) is 2. The van der Waals surface area contributed by atoms with Gasteiger partial charge in [0.1, 0.15) is 0 Å². The van der Waals surface area contributed by atoms with Crippen molar-refractivity contribution in [1.29, 1.82) is 0 Å². The summed E-state index contributed by atoms with van der Waals surface area (Å²) >= 11 is 0. The zero-order valence-corrected chi connectivity index (χ0v) is 33.8. The van der Waals surface area contributed by atoms with Crippen LogP contribution in [0.3, 0.4) is 0 Å². The molecule has 0 unspecified atom stereocenters. The quantitative estimate of drug-likeness (QED) is 0.163. The standard InChI is InChI=1S/C22H23F3N6O2.C20H17F3N4O3/c1-29(2)21(33)26-15-7-8-18-27-28-19(31(18)13-15)20(32)30-11-9-14(10-12-30)16-5-3-4-6-17(16)22(23,24)25;21-20(22,23)15-4-2-1-3-14(15)12-5-8-26(9-6-12)18(28)17-25-24-16-11-13(19(29)30)7-10-27(16)17/h3-8,13-14H,9-12H2,1-2H3,(H,26,33);1-4,7,10-12H,5-6,8-9H2,(H,29,30). The molecule has 15 nitrogen and oxygen atoms in total. The van der Waals surface area contributed by atoms with Crippen LogP contribution in [0.5, 0.6) is 0 Å². The molecular weight excluding hydrogens is 839 g/mol. The van der Waals surface area contributed by atoms with Crippen molar-refractivity contribution in [3.63, 3.8) is 0 Å². The van der Waals surface area contributed by atoms with Crippen LogP contribution >= 0.6 is 0 Å². The van der Waals surface area contributed by atoms with E-state index in [9.17, 15) is 45.5 Å². The monoisotopic (exact) mass is 878 g/mol. The molecule has 8 rings (SSSR count). The van der Waals surface area contributed by atoms with Gasteiger partial charge >= 0.3 is 24.4 Å². The van der Waals surface area contributed by atoms with E-state index in [2.05, 4.69) is 25.7 Å². The molecule has 6 heterocycles. The van der Waals surface area contributed by atoms with Crippen LogP contribution in [-0.4, -0.2) is 113 Å². The lowest BCUT2D eigenvalue weighted by Crippen LogP contribution is -2.39. The number of hydrogen-bond acceptors (Lipinski definition) is 8. The summed E-state index contributed by atoms with van der Waals surface area (Å²) in [4.78, 5) is 53.5. The second-order valence-electron chi connectivity index (χ2n) is 15.3. The third kappa shape index (κ3) is 9.56. The molecule has 2 aliphatic heterocycles. The molecule has 2 N–H and O–H groups in total. The molecule has 0 aliphatic carbocycles. The molecule has 0 atom stereocenters. The number of aromatic nitrogens is 6. The lowest BCUT2D eigenvalue weighted by molar-refractivity contribution is -0.139. The Bertz CT molecular complexity index is 2660. The number of hydrogen-bond donors (Lipinski definition) is 2. The molecule has 2 saturated heterocycles. The van der Waals surface area contributed by atoms with Crippen LogP contribution < -0.4 is 5.32 Å². The number of piperidine rings is 2. The summed E-state index contributed by atoms with van der Waals surface area (Å²) in [6.45, 7) is 1.19. The molecule has 2 aliphatic rings. The Kier molecular flexibility index (Phi) is 12.4. The number of carbonyl (C=O) groups is 4. The minimum atomic E-state index is -4.42. The van der Waals surface area contributed by atoms with E-state index in [1.165, 1.54) is 61.2 Å². The third-order valence-electron chi connectivity index (χ3n) is 11.1. The average molecular weight is 879 g/mol. The number of nitrogens with zero attached hydrogens (tertiary/aromatic N) is 9. The number of rotatable bonds is 6. The lowest BCUT2D eigenvalue weighted by atomic mass is 9.86. The van der Waals surface area contributed by atoms with E-state index in [1.807, 2.05) is 0 Å². The molecule has 330 valence electrons. The lowest BCUT2D eigenvalue weighted by Gasteiger charge is -2.32. The molecule has 2 aromatic carbocycles. The van der Waals surface area contributed by atoms with Crippen molar-refractivity contribution in [2.75, 3.05) is 45.6 Å². The van der Waals surface area contributed by atoms with Crippen LogP contribution in [0.2, 0.25) is 0 Å². The summed E-state index contributed by atoms with van der Waals surface area (Å²) in [6.07, 6.45) is -4.21. The first-order valence-electron chi connectivity index (χ1n) is 19.7. The Labute approximate surface area is 354 Å². The van der Waals surface area contributed by atoms with Crippen molar-refractivity contribution >= 4 is 40.8 Å². The minimum Gasteiger partial charge on any atom is -0.478 e. The highest BCUT2D eigenvalue weighted by atomic mass is 19.4. The number of amides is 4. The number of carbonyl (C=O) groups excluding carboxylic acids is 3. The SMILES string of the molecule is CN(C)C(=O)Nc1ccc2nnc(C(=O)N3CCC(c4ccccc4C(F)(F)F)CC3)n2c1.O=C(O)c1ccn2c(C(=O)N3CCC(c4ccccc4C(F)(F)F)CC3)nnc2c1. The third-order valence-corrected chi connectivity index (χ3v) is 11.1. The van der Waals surface area contributed by atoms with Crippen molar-refractivity contribution < 1.29 is 50.6 Å². The van der Waals surface area contributed by atoms with Gasteiger partial charge in [-0.25, -0.2) is 9.59 Å². The van der Waals surface area contributed by atoms with Crippen LogP contribution in [-0.2, 0) is 12.4 Å². The predicted octanol–water partition coefficient (Wildman–Crippen LogP) is 7.33. The molecule has 4 aromatic heterocycles. The second kappa shape index (κ2) is 17.7. The van der Waals surface area contributed by atoms with Crippen LogP contribution in [0.15, 0.2) is 85.2 Å². The van der Waals surface area contributed by atoms with Crippen molar-refractivity contribution in [1.82, 2.24) is 43.9 Å². The number of carboxylic acids is 1. The number of anilines is 1. The van der Waals surface area contributed by atoms with Crippen molar-refractivity contribution in [3.05, 3.63) is 125 Å². The molecule has 21 heteroatoms. The maximum absolute atomic E-state index is 13.4. The van der Waals surface area contributed by atoms with Crippen LogP contribution in [0, 0.1) is 0 Å². The van der Waals surface area contributed by atoms with Gasteiger partial charge in [-0.1, -0.05) is 36.4 Å². The number of alkyl halides is 6. The summed E-state index contributed by atoms with van der Waals surface area (Å²) in [5, 5.41) is 27.5. The van der Waals surface area contributed by atoms with Gasteiger partial charge in [-0.15, -0.1) is 20.4 Å². The van der Waals surface area contributed by atoms with Gasteiger partial charge in [-0.2, -0.15) is 26.3 Å². The summed E-state index contributed by atoms with van der Waals surface area (Å²) < 4.78 is 83.0. The Morgan fingerprint density at radius 2 is 1.13 bits per heavy atom. The van der Waals surface area contributed by atoms with E-state index in [0.717, 1.165) is 12.1 Å². The number of pyridine rings is 2. The van der Waals surface area contributed by atoms with Gasteiger partial charge in [-0.3, -0.25) is 18.4 Å². The van der Waals surface area contributed by atoms with Gasteiger partial charge in [0.2, 0.25) is 11.6 Å². The first kappa shape index (κ1) is 44.0. The van der Waals surface area contributed by atoms with Gasteiger partial charge in [0, 0.05) is 52.7 Å². The summed E-state index contributed by atoms with van der Waals surface area (Å²) in [5.41, 5.74) is 0.438. The summed E-state index contributed by atoms with van der Waals surface area (Å²) in [5.74, 6) is -2.32. The Morgan fingerprint density at radius 1 is 0.651 bits per heavy atom. The number of benzene rings is 2. The van der Waals surface area contributed by atoms with E-state index in [1.54, 1.807) is 49.5 Å². The zero-order valence-electron chi connectivity index (χ0n) is 33.8. The molecule has 0 radical (unpaired) electrons. The number of aromatic carboxylic acids is 1. The maximum Gasteiger partial charge on any atom is 0.416 e. The van der Waals surface area contributed by atoms with E-state index in [0.29, 0.717) is 50.1 Å². The topological polar surface area (TPSA) is 171 Å². The van der Waals surface area contributed by atoms with Crippen molar-refractivity contribution in [2.24, 2.45) is 0 Å². The van der Waals surface area contributed by atoms with Gasteiger partial charge in [0.05, 0.1) is 22.4 Å². The van der Waals surface area contributed by atoms with Crippen LogP contribution in [0.4, 0.5) is 36.8 Å². The van der Waals surface area contributed by atoms with E-state index < -0.39 is 35.4 Å². The minimum absolute atomic E-state index is 0.0260. The molecule has 6 aromatic rings. The Hall–Kier alpha value is -7.06. The predicted molar refractivity (Wildman–Crippen MR) is 214 cm³/mol. The normalized spacial score (nSPS) is 15.2. The van der Waals surface area contributed by atoms with Crippen LogP contribution in [0.25, 0.3) is 11.3 Å². The van der Waals surface area contributed by atoms with Gasteiger partial charge in [0.15, 0.2) is 11.3 Å². The molecule has 0 bridgehead atoms.